The Bertz CT molecular complexity index is 540. The van der Waals surface area contributed by atoms with Gasteiger partial charge in [0.2, 0.25) is 0 Å². The third kappa shape index (κ3) is 2.36. The van der Waals surface area contributed by atoms with E-state index in [1.165, 1.54) is 17.5 Å². The molecule has 0 spiro atoms. The molecule has 1 aliphatic heterocycles. The van der Waals surface area contributed by atoms with Crippen molar-refractivity contribution in [1.82, 2.24) is 4.90 Å². The highest BCUT2D eigenvalue weighted by atomic mass is 35.5. The fourth-order valence-corrected chi connectivity index (χ4v) is 3.99. The first kappa shape index (κ1) is 14.0. The monoisotopic (exact) mass is 291 g/mol. The number of aromatic hydroxyl groups is 1. The van der Waals surface area contributed by atoms with Crippen LogP contribution in [0.1, 0.15) is 36.0 Å². The first-order valence-corrected chi connectivity index (χ1v) is 7.85. The van der Waals surface area contributed by atoms with Gasteiger partial charge in [0, 0.05) is 24.7 Å². The Balaban J connectivity index is 1.94. The van der Waals surface area contributed by atoms with Crippen LogP contribution in [-0.4, -0.2) is 29.1 Å². The minimum Gasteiger partial charge on any atom is -0.508 e. The molecule has 2 bridgehead atoms. The van der Waals surface area contributed by atoms with Gasteiger partial charge < -0.3 is 5.11 Å². The van der Waals surface area contributed by atoms with E-state index in [4.69, 9.17) is 11.6 Å². The topological polar surface area (TPSA) is 23.5 Å². The van der Waals surface area contributed by atoms with Gasteiger partial charge >= 0.3 is 0 Å². The maximum atomic E-state index is 9.99. The molecule has 1 fully saturated rings. The Morgan fingerprint density at radius 2 is 2.25 bits per heavy atom. The number of phenolic OH excluding ortho intramolecular Hbond substituents is 1. The van der Waals surface area contributed by atoms with Gasteiger partial charge in [-0.1, -0.05) is 30.7 Å². The van der Waals surface area contributed by atoms with Crippen LogP contribution in [0.5, 0.6) is 5.75 Å². The van der Waals surface area contributed by atoms with Crippen molar-refractivity contribution in [1.29, 1.82) is 0 Å². The van der Waals surface area contributed by atoms with Crippen molar-refractivity contribution in [2.45, 2.75) is 38.6 Å². The fraction of sp³-hybridized carbons (Fsp3) is 0.529. The van der Waals surface area contributed by atoms with E-state index in [1.54, 1.807) is 5.54 Å². The smallest absolute Gasteiger partial charge is 0.118 e. The molecule has 20 heavy (non-hydrogen) atoms. The summed E-state index contributed by atoms with van der Waals surface area (Å²) in [6.45, 7) is 6.37. The zero-order valence-electron chi connectivity index (χ0n) is 12.1. The highest BCUT2D eigenvalue weighted by molar-refractivity contribution is 6.25. The van der Waals surface area contributed by atoms with E-state index in [0.717, 1.165) is 25.1 Å². The number of piperidine rings is 1. The number of benzene rings is 1. The van der Waals surface area contributed by atoms with Crippen molar-refractivity contribution in [2.75, 3.05) is 13.1 Å². The Labute approximate surface area is 126 Å². The zero-order valence-corrected chi connectivity index (χ0v) is 12.9. The molecule has 1 aromatic rings. The fourth-order valence-electron chi connectivity index (χ4n) is 3.91. The minimum atomic E-state index is 0.446. The first-order chi connectivity index (χ1) is 9.60. The Hall–Kier alpha value is -0.990. The van der Waals surface area contributed by atoms with Crippen LogP contribution in [0.25, 0.3) is 0 Å². The van der Waals surface area contributed by atoms with Gasteiger partial charge in [-0.25, -0.2) is 0 Å². The predicted molar refractivity (Wildman–Crippen MR) is 83.4 cm³/mol. The average molecular weight is 292 g/mol. The average Bonchev–Trinajstić information content (AvgIpc) is 2.43. The Kier molecular flexibility index (Phi) is 3.78. The maximum Gasteiger partial charge on any atom is 0.118 e. The molecule has 1 saturated heterocycles. The SMILES string of the molecule is Cc1cc2c(cc1O)C1CC(C2)N(C/C=C/Cl)CC1C. The zero-order chi connectivity index (χ0) is 14.3. The Morgan fingerprint density at radius 3 is 3.00 bits per heavy atom. The molecule has 0 aromatic heterocycles. The number of hydrogen-bond donors (Lipinski definition) is 1. The van der Waals surface area contributed by atoms with Crippen LogP contribution >= 0.6 is 11.6 Å². The van der Waals surface area contributed by atoms with Crippen LogP contribution in [-0.2, 0) is 6.42 Å². The summed E-state index contributed by atoms with van der Waals surface area (Å²) in [7, 11) is 0. The summed E-state index contributed by atoms with van der Waals surface area (Å²) in [5.41, 5.74) is 5.41. The quantitative estimate of drug-likeness (QED) is 0.896. The molecule has 1 N–H and O–H groups in total. The minimum absolute atomic E-state index is 0.446. The van der Waals surface area contributed by atoms with Crippen LogP contribution in [0.3, 0.4) is 0 Å². The van der Waals surface area contributed by atoms with Crippen LogP contribution in [0, 0.1) is 12.8 Å². The number of aryl methyl sites for hydroxylation is 1. The molecule has 3 unspecified atom stereocenters. The molecule has 0 radical (unpaired) electrons. The van der Waals surface area contributed by atoms with Crippen molar-refractivity contribution in [2.24, 2.45) is 5.92 Å². The molecule has 3 heteroatoms. The molecule has 0 amide bonds. The lowest BCUT2D eigenvalue weighted by Crippen LogP contribution is -2.49. The summed E-state index contributed by atoms with van der Waals surface area (Å²) in [6.07, 6.45) is 4.33. The number of halogens is 1. The summed E-state index contributed by atoms with van der Waals surface area (Å²) >= 11 is 5.67. The molecule has 1 aliphatic carbocycles. The van der Waals surface area contributed by atoms with Crippen molar-refractivity contribution >= 4 is 11.6 Å². The number of rotatable bonds is 2. The van der Waals surface area contributed by atoms with E-state index in [-0.39, 0.29) is 0 Å². The molecule has 3 rings (SSSR count). The number of hydrogen-bond acceptors (Lipinski definition) is 2. The van der Waals surface area contributed by atoms with Gasteiger partial charge in [0.05, 0.1) is 0 Å². The van der Waals surface area contributed by atoms with Crippen molar-refractivity contribution in [3.63, 3.8) is 0 Å². The van der Waals surface area contributed by atoms with Gasteiger partial charge in [0.15, 0.2) is 0 Å². The normalized spacial score (nSPS) is 29.6. The molecule has 108 valence electrons. The van der Waals surface area contributed by atoms with E-state index < -0.39 is 0 Å². The summed E-state index contributed by atoms with van der Waals surface area (Å²) < 4.78 is 0. The van der Waals surface area contributed by atoms with Gasteiger partial charge in [0.25, 0.3) is 0 Å². The number of fused-ring (bicyclic) bond motifs is 4. The highest BCUT2D eigenvalue weighted by Crippen LogP contribution is 2.44. The lowest BCUT2D eigenvalue weighted by Gasteiger charge is -2.47. The second-order valence-electron chi connectivity index (χ2n) is 6.33. The molecular weight excluding hydrogens is 270 g/mol. The van der Waals surface area contributed by atoms with Gasteiger partial charge in [0.1, 0.15) is 5.75 Å². The van der Waals surface area contributed by atoms with Crippen LogP contribution < -0.4 is 0 Å². The van der Waals surface area contributed by atoms with Crippen molar-refractivity contribution in [3.05, 3.63) is 40.4 Å². The van der Waals surface area contributed by atoms with Gasteiger partial charge in [-0.3, -0.25) is 4.90 Å². The predicted octanol–water partition coefficient (Wildman–Crippen LogP) is 3.80. The molecule has 2 aliphatic rings. The van der Waals surface area contributed by atoms with Crippen molar-refractivity contribution < 1.29 is 5.11 Å². The van der Waals surface area contributed by atoms with E-state index in [0.29, 0.717) is 23.6 Å². The lowest BCUT2D eigenvalue weighted by molar-refractivity contribution is 0.0988. The molecule has 3 atom stereocenters. The second kappa shape index (κ2) is 5.42. The maximum absolute atomic E-state index is 9.99. The number of phenols is 1. The Morgan fingerprint density at radius 1 is 1.45 bits per heavy atom. The molecule has 1 aromatic carbocycles. The summed E-state index contributed by atoms with van der Waals surface area (Å²) in [4.78, 5) is 2.55. The van der Waals surface area contributed by atoms with E-state index in [9.17, 15) is 5.11 Å². The third-order valence-electron chi connectivity index (χ3n) is 4.99. The molecule has 1 heterocycles. The number of nitrogens with zero attached hydrogens (tertiary/aromatic N) is 1. The second-order valence-corrected chi connectivity index (χ2v) is 6.58. The highest BCUT2D eigenvalue weighted by Gasteiger charge is 2.38. The first-order valence-electron chi connectivity index (χ1n) is 7.41. The molecule has 2 nitrogen and oxygen atoms in total. The largest absolute Gasteiger partial charge is 0.508 e. The van der Waals surface area contributed by atoms with Crippen LogP contribution in [0.2, 0.25) is 0 Å². The van der Waals surface area contributed by atoms with Gasteiger partial charge in [-0.15, -0.1) is 0 Å². The summed E-state index contributed by atoms with van der Waals surface area (Å²) in [5, 5.41) is 9.99. The summed E-state index contributed by atoms with van der Waals surface area (Å²) in [5.74, 6) is 1.66. The van der Waals surface area contributed by atoms with E-state index in [2.05, 4.69) is 17.9 Å². The van der Waals surface area contributed by atoms with E-state index >= 15 is 0 Å². The third-order valence-corrected chi connectivity index (χ3v) is 5.17. The van der Waals surface area contributed by atoms with Gasteiger partial charge in [-0.2, -0.15) is 0 Å². The molecular formula is C17H22ClNO. The van der Waals surface area contributed by atoms with Crippen molar-refractivity contribution in [3.8, 4) is 5.75 Å². The van der Waals surface area contributed by atoms with Crippen LogP contribution in [0.4, 0.5) is 0 Å². The number of likely N-dealkylation sites (tertiary alicyclic amines) is 1. The van der Waals surface area contributed by atoms with Gasteiger partial charge in [-0.05, 0) is 54.4 Å². The van der Waals surface area contributed by atoms with Crippen LogP contribution in [0.15, 0.2) is 23.7 Å². The lowest BCUT2D eigenvalue weighted by atomic mass is 9.70. The molecule has 0 saturated carbocycles. The standard InChI is InChI=1S/C17H22ClNO/c1-11-6-13-7-14-8-15(16(13)9-17(11)20)12(2)10-19(14)5-3-4-18/h3-4,6,9,12,14-15,20H,5,7-8,10H2,1-2H3/b4-3+. The summed E-state index contributed by atoms with van der Waals surface area (Å²) in [6, 6.07) is 4.80. The van der Waals surface area contributed by atoms with E-state index in [1.807, 2.05) is 19.1 Å².